The molecule has 3 aromatic rings. The minimum atomic E-state index is -4.55. The third kappa shape index (κ3) is 3.03. The van der Waals surface area contributed by atoms with Crippen molar-refractivity contribution in [2.45, 2.75) is 6.18 Å². The molecule has 0 aliphatic heterocycles. The Kier molecular flexibility index (Phi) is 3.77. The molecular weight excluding hydrogens is 329 g/mol. The van der Waals surface area contributed by atoms with Crippen LogP contribution in [-0.2, 0) is 6.18 Å². The lowest BCUT2D eigenvalue weighted by Gasteiger charge is -2.12. The van der Waals surface area contributed by atoms with E-state index in [9.17, 15) is 18.0 Å². The van der Waals surface area contributed by atoms with Crippen LogP contribution in [0.1, 0.15) is 16.1 Å². The van der Waals surface area contributed by atoms with Crippen LogP contribution in [0.15, 0.2) is 48.5 Å². The maximum Gasteiger partial charge on any atom is 0.418 e. The van der Waals surface area contributed by atoms with Crippen molar-refractivity contribution in [2.24, 2.45) is 0 Å². The molecule has 0 bridgehead atoms. The molecule has 2 aromatic carbocycles. The van der Waals surface area contributed by atoms with Gasteiger partial charge in [0.1, 0.15) is 5.69 Å². The predicted octanol–water partition coefficient (Wildman–Crippen LogP) is 5.09. The number of hydrogen-bond donors (Lipinski definition) is 2. The molecular formula is C16H10ClF3N2O. The fraction of sp³-hybridized carbons (Fsp3) is 0.0625. The zero-order valence-electron chi connectivity index (χ0n) is 11.5. The number of alkyl halides is 3. The van der Waals surface area contributed by atoms with Crippen LogP contribution in [0.3, 0.4) is 0 Å². The molecule has 0 saturated heterocycles. The Morgan fingerprint density at radius 2 is 1.83 bits per heavy atom. The number of aromatic nitrogens is 1. The van der Waals surface area contributed by atoms with Gasteiger partial charge in [-0.2, -0.15) is 13.2 Å². The molecule has 0 atom stereocenters. The molecule has 0 spiro atoms. The molecule has 7 heteroatoms. The standard InChI is InChI=1S/C16H10ClF3N2O/c17-11-6-3-4-9-8-13(21-14(9)11)15(23)22-12-7-2-1-5-10(12)16(18,19)20/h1-8,21H,(H,22,23). The number of para-hydroxylation sites is 2. The minimum Gasteiger partial charge on any atom is -0.349 e. The lowest BCUT2D eigenvalue weighted by Crippen LogP contribution is -2.16. The highest BCUT2D eigenvalue weighted by atomic mass is 35.5. The number of halogens is 4. The van der Waals surface area contributed by atoms with Crippen LogP contribution >= 0.6 is 11.6 Å². The lowest BCUT2D eigenvalue weighted by molar-refractivity contribution is -0.136. The third-order valence-electron chi connectivity index (χ3n) is 3.33. The van der Waals surface area contributed by atoms with E-state index in [4.69, 9.17) is 11.6 Å². The van der Waals surface area contributed by atoms with E-state index in [1.807, 2.05) is 0 Å². The summed E-state index contributed by atoms with van der Waals surface area (Å²) in [5.41, 5.74) is -0.509. The van der Waals surface area contributed by atoms with Crippen LogP contribution in [-0.4, -0.2) is 10.9 Å². The van der Waals surface area contributed by atoms with E-state index >= 15 is 0 Å². The van der Waals surface area contributed by atoms with Crippen molar-refractivity contribution in [2.75, 3.05) is 5.32 Å². The molecule has 0 fully saturated rings. The molecule has 0 unspecified atom stereocenters. The Morgan fingerprint density at radius 3 is 2.52 bits per heavy atom. The van der Waals surface area contributed by atoms with Crippen LogP contribution in [0.25, 0.3) is 10.9 Å². The third-order valence-corrected chi connectivity index (χ3v) is 3.65. The number of benzene rings is 2. The first-order chi connectivity index (χ1) is 10.9. The van der Waals surface area contributed by atoms with Crippen molar-refractivity contribution in [1.82, 2.24) is 4.98 Å². The monoisotopic (exact) mass is 338 g/mol. The van der Waals surface area contributed by atoms with Crippen molar-refractivity contribution in [3.8, 4) is 0 Å². The quantitative estimate of drug-likeness (QED) is 0.671. The molecule has 0 aliphatic rings. The Balaban J connectivity index is 1.94. The topological polar surface area (TPSA) is 44.9 Å². The molecule has 1 aromatic heterocycles. The summed E-state index contributed by atoms with van der Waals surface area (Å²) < 4.78 is 38.8. The van der Waals surface area contributed by atoms with Gasteiger partial charge in [-0.05, 0) is 24.3 Å². The highest BCUT2D eigenvalue weighted by Gasteiger charge is 2.33. The smallest absolute Gasteiger partial charge is 0.349 e. The van der Waals surface area contributed by atoms with Gasteiger partial charge in [-0.1, -0.05) is 35.9 Å². The number of carbonyl (C=O) groups is 1. The average molecular weight is 339 g/mol. The van der Waals surface area contributed by atoms with Gasteiger partial charge >= 0.3 is 6.18 Å². The van der Waals surface area contributed by atoms with Gasteiger partial charge in [-0.25, -0.2) is 0 Å². The van der Waals surface area contributed by atoms with E-state index in [1.54, 1.807) is 18.2 Å². The fourth-order valence-electron chi connectivity index (χ4n) is 2.27. The number of amides is 1. The van der Waals surface area contributed by atoms with Gasteiger partial charge in [0.25, 0.3) is 5.91 Å². The van der Waals surface area contributed by atoms with Crippen LogP contribution in [0.2, 0.25) is 5.02 Å². The van der Waals surface area contributed by atoms with Gasteiger partial charge in [0.15, 0.2) is 0 Å². The molecule has 2 N–H and O–H groups in total. The van der Waals surface area contributed by atoms with E-state index in [-0.39, 0.29) is 11.4 Å². The summed E-state index contributed by atoms with van der Waals surface area (Å²) in [4.78, 5) is 15.0. The minimum absolute atomic E-state index is 0.130. The van der Waals surface area contributed by atoms with Crippen LogP contribution in [0.4, 0.5) is 18.9 Å². The van der Waals surface area contributed by atoms with E-state index in [1.165, 1.54) is 24.3 Å². The number of anilines is 1. The molecule has 1 amide bonds. The Morgan fingerprint density at radius 1 is 1.09 bits per heavy atom. The Bertz CT molecular complexity index is 886. The van der Waals surface area contributed by atoms with E-state index in [0.717, 1.165) is 6.07 Å². The van der Waals surface area contributed by atoms with Crippen LogP contribution in [0, 0.1) is 0 Å². The van der Waals surface area contributed by atoms with Crippen molar-refractivity contribution < 1.29 is 18.0 Å². The zero-order valence-corrected chi connectivity index (χ0v) is 12.3. The molecule has 1 heterocycles. The second kappa shape index (κ2) is 5.62. The first-order valence-electron chi connectivity index (χ1n) is 6.61. The molecule has 3 rings (SSSR count). The fourth-order valence-corrected chi connectivity index (χ4v) is 2.50. The lowest BCUT2D eigenvalue weighted by atomic mass is 10.1. The van der Waals surface area contributed by atoms with Crippen molar-refractivity contribution in [3.63, 3.8) is 0 Å². The molecule has 3 nitrogen and oxygen atoms in total. The van der Waals surface area contributed by atoms with Gasteiger partial charge in [0.2, 0.25) is 0 Å². The Hall–Kier alpha value is -2.47. The average Bonchev–Trinajstić information content (AvgIpc) is 2.92. The van der Waals surface area contributed by atoms with Gasteiger partial charge in [0.05, 0.1) is 21.8 Å². The first-order valence-corrected chi connectivity index (χ1v) is 6.99. The molecule has 0 saturated carbocycles. The van der Waals surface area contributed by atoms with E-state index < -0.39 is 17.6 Å². The van der Waals surface area contributed by atoms with E-state index in [0.29, 0.717) is 15.9 Å². The number of H-pyrrole nitrogens is 1. The molecule has 0 aliphatic carbocycles. The summed E-state index contributed by atoms with van der Waals surface area (Å²) in [5, 5.41) is 3.41. The molecule has 118 valence electrons. The maximum atomic E-state index is 12.9. The SMILES string of the molecule is O=C(Nc1ccccc1C(F)(F)F)c1cc2cccc(Cl)c2[nH]1. The zero-order chi connectivity index (χ0) is 16.6. The normalized spacial score (nSPS) is 11.7. The second-order valence-corrected chi connectivity index (χ2v) is 5.29. The highest BCUT2D eigenvalue weighted by Crippen LogP contribution is 2.34. The summed E-state index contributed by atoms with van der Waals surface area (Å²) in [6.45, 7) is 0. The van der Waals surface area contributed by atoms with E-state index in [2.05, 4.69) is 10.3 Å². The predicted molar refractivity (Wildman–Crippen MR) is 82.7 cm³/mol. The summed E-state index contributed by atoms with van der Waals surface area (Å²) in [5.74, 6) is -0.672. The van der Waals surface area contributed by atoms with Crippen LogP contribution < -0.4 is 5.32 Å². The van der Waals surface area contributed by atoms with Gasteiger partial charge in [0, 0.05) is 5.39 Å². The number of fused-ring (bicyclic) bond motifs is 1. The summed E-state index contributed by atoms with van der Waals surface area (Å²) in [6.07, 6.45) is -4.55. The number of nitrogens with one attached hydrogen (secondary N) is 2. The molecule has 23 heavy (non-hydrogen) atoms. The van der Waals surface area contributed by atoms with Crippen molar-refractivity contribution >= 4 is 34.1 Å². The van der Waals surface area contributed by atoms with Crippen molar-refractivity contribution in [1.29, 1.82) is 0 Å². The first kappa shape index (κ1) is 15.4. The number of carbonyl (C=O) groups excluding carboxylic acids is 1. The summed E-state index contributed by atoms with van der Waals surface area (Å²) >= 11 is 6.01. The number of hydrogen-bond acceptors (Lipinski definition) is 1. The largest absolute Gasteiger partial charge is 0.418 e. The highest BCUT2D eigenvalue weighted by molar-refractivity contribution is 6.35. The Labute approximate surface area is 134 Å². The molecule has 0 radical (unpaired) electrons. The van der Waals surface area contributed by atoms with Gasteiger partial charge < -0.3 is 10.3 Å². The van der Waals surface area contributed by atoms with Crippen molar-refractivity contribution in [3.05, 3.63) is 64.8 Å². The maximum absolute atomic E-state index is 12.9. The van der Waals surface area contributed by atoms with Crippen LogP contribution in [0.5, 0.6) is 0 Å². The summed E-state index contributed by atoms with van der Waals surface area (Å²) in [6, 6.07) is 11.5. The second-order valence-electron chi connectivity index (χ2n) is 4.88. The van der Waals surface area contributed by atoms with Gasteiger partial charge in [-0.15, -0.1) is 0 Å². The van der Waals surface area contributed by atoms with Gasteiger partial charge in [-0.3, -0.25) is 4.79 Å². The summed E-state index contributed by atoms with van der Waals surface area (Å²) in [7, 11) is 0. The number of rotatable bonds is 2. The number of aromatic amines is 1.